The normalized spacial score (nSPS) is 12.2. The smallest absolute Gasteiger partial charge is 0.325 e. The van der Waals surface area contributed by atoms with Gasteiger partial charge in [0.05, 0.1) is 24.6 Å². The van der Waals surface area contributed by atoms with Crippen molar-refractivity contribution < 1.29 is 17.5 Å². The molecule has 10 heteroatoms. The van der Waals surface area contributed by atoms with Crippen LogP contribution in [-0.4, -0.2) is 31.8 Å². The van der Waals surface area contributed by atoms with Gasteiger partial charge in [-0.05, 0) is 41.3 Å². The van der Waals surface area contributed by atoms with E-state index in [1.807, 2.05) is 26.8 Å². The summed E-state index contributed by atoms with van der Waals surface area (Å²) in [5.74, 6) is -0.0581. The van der Waals surface area contributed by atoms with E-state index < -0.39 is 27.1 Å². The van der Waals surface area contributed by atoms with E-state index in [1.54, 1.807) is 12.1 Å². The van der Waals surface area contributed by atoms with Gasteiger partial charge in [-0.1, -0.05) is 32.9 Å². The summed E-state index contributed by atoms with van der Waals surface area (Å²) in [5.41, 5.74) is 1.06. The zero-order chi connectivity index (χ0) is 25.3. The third kappa shape index (κ3) is 5.82. The largest absolute Gasteiger partial charge is 0.496 e. The van der Waals surface area contributed by atoms with Gasteiger partial charge in [-0.15, -0.1) is 0 Å². The molecular weight excluding hydrogens is 461 g/mol. The fourth-order valence-corrected chi connectivity index (χ4v) is 4.01. The Balaban J connectivity index is 2.14. The minimum atomic E-state index is -3.53. The molecule has 1 heterocycles. The highest BCUT2D eigenvalue weighted by Gasteiger charge is 2.23. The summed E-state index contributed by atoms with van der Waals surface area (Å²) in [4.78, 5) is 28.5. The van der Waals surface area contributed by atoms with Crippen molar-refractivity contribution in [3.8, 4) is 16.9 Å². The number of sulfonamides is 1. The van der Waals surface area contributed by atoms with Gasteiger partial charge >= 0.3 is 5.69 Å². The molecule has 3 N–H and O–H groups in total. The van der Waals surface area contributed by atoms with E-state index >= 15 is 0 Å². The van der Waals surface area contributed by atoms with Crippen molar-refractivity contribution in [2.24, 2.45) is 0 Å². The number of ether oxygens (including phenoxy) is 1. The second-order valence-corrected chi connectivity index (χ2v) is 10.6. The summed E-state index contributed by atoms with van der Waals surface area (Å²) in [6, 6.07) is 7.54. The Labute approximate surface area is 196 Å². The zero-order valence-corrected chi connectivity index (χ0v) is 20.3. The predicted octanol–water partition coefficient (Wildman–Crippen LogP) is 3.72. The summed E-state index contributed by atoms with van der Waals surface area (Å²) < 4.78 is 45.3. The molecule has 0 saturated heterocycles. The van der Waals surface area contributed by atoms with Gasteiger partial charge in [0.25, 0.3) is 5.56 Å². The first-order valence-electron chi connectivity index (χ1n) is 10.3. The molecule has 0 aliphatic carbocycles. The maximum Gasteiger partial charge on any atom is 0.325 e. The zero-order valence-electron chi connectivity index (χ0n) is 19.4. The van der Waals surface area contributed by atoms with Crippen molar-refractivity contribution in [1.82, 2.24) is 9.97 Å². The fourth-order valence-electron chi connectivity index (χ4n) is 3.46. The first kappa shape index (κ1) is 25.0. The van der Waals surface area contributed by atoms with Crippen LogP contribution in [-0.2, 0) is 15.4 Å². The summed E-state index contributed by atoms with van der Waals surface area (Å²) in [6.45, 7) is 5.98. The molecule has 2 aromatic carbocycles. The lowest BCUT2D eigenvalue weighted by molar-refractivity contribution is 0.397. The molecule has 0 spiro atoms. The monoisotopic (exact) mass is 487 g/mol. The van der Waals surface area contributed by atoms with Crippen LogP contribution in [0, 0.1) is 5.82 Å². The van der Waals surface area contributed by atoms with E-state index in [-0.39, 0.29) is 22.2 Å². The summed E-state index contributed by atoms with van der Waals surface area (Å²) in [6.07, 6.45) is 5.51. The van der Waals surface area contributed by atoms with Crippen molar-refractivity contribution >= 4 is 27.9 Å². The average Bonchev–Trinajstić information content (AvgIpc) is 2.70. The van der Waals surface area contributed by atoms with E-state index in [0.717, 1.165) is 17.9 Å². The lowest BCUT2D eigenvalue weighted by atomic mass is 9.83. The number of nitrogens with one attached hydrogen (secondary N) is 3. The van der Waals surface area contributed by atoms with Crippen LogP contribution in [0.15, 0.2) is 46.1 Å². The third-order valence-corrected chi connectivity index (χ3v) is 5.61. The lowest BCUT2D eigenvalue weighted by Crippen LogP contribution is -2.23. The molecule has 0 atom stereocenters. The highest BCUT2D eigenvalue weighted by Crippen LogP contribution is 2.38. The van der Waals surface area contributed by atoms with Crippen molar-refractivity contribution in [2.45, 2.75) is 26.2 Å². The van der Waals surface area contributed by atoms with Crippen molar-refractivity contribution in [2.75, 3.05) is 18.1 Å². The van der Waals surface area contributed by atoms with E-state index in [0.29, 0.717) is 16.9 Å². The van der Waals surface area contributed by atoms with Crippen LogP contribution in [0.2, 0.25) is 0 Å². The average molecular weight is 488 g/mol. The predicted molar refractivity (Wildman–Crippen MR) is 132 cm³/mol. The Morgan fingerprint density at radius 2 is 1.74 bits per heavy atom. The van der Waals surface area contributed by atoms with Crippen LogP contribution in [0.25, 0.3) is 23.3 Å². The number of aromatic amines is 2. The summed E-state index contributed by atoms with van der Waals surface area (Å²) >= 11 is 0. The second-order valence-electron chi connectivity index (χ2n) is 8.83. The standard InChI is InChI=1S/C24H26FN3O5S/c1-24(2,3)19-11-16(18-13-26-23(30)27-22(18)29)10-15(21(19)33-4)7-6-14-8-9-17(12-20(14)25)28-34(5,31)32/h6-13,28H,1-5H3,(H2,26,27,29,30). The van der Waals surface area contributed by atoms with Gasteiger partial charge in [0.2, 0.25) is 10.0 Å². The molecule has 8 nitrogen and oxygen atoms in total. The molecule has 0 fully saturated rings. The van der Waals surface area contributed by atoms with Crippen LogP contribution in [0.4, 0.5) is 10.1 Å². The molecule has 0 aliphatic heterocycles. The van der Waals surface area contributed by atoms with Gasteiger partial charge in [0.15, 0.2) is 0 Å². The van der Waals surface area contributed by atoms with E-state index in [4.69, 9.17) is 4.74 Å². The number of halogens is 1. The molecule has 1 aromatic heterocycles. The Kier molecular flexibility index (Phi) is 6.83. The molecule has 3 rings (SSSR count). The van der Waals surface area contributed by atoms with Crippen LogP contribution >= 0.6 is 0 Å². The number of hydrogen-bond donors (Lipinski definition) is 3. The fraction of sp³-hybridized carbons (Fsp3) is 0.250. The Bertz CT molecular complexity index is 1480. The van der Waals surface area contributed by atoms with E-state index in [2.05, 4.69) is 14.7 Å². The van der Waals surface area contributed by atoms with Crippen molar-refractivity contribution in [3.63, 3.8) is 0 Å². The number of anilines is 1. The SMILES string of the molecule is COc1c(C=Cc2ccc(NS(C)(=O)=O)cc2F)cc(-c2c[nH]c(=O)[nH]c2=O)cc1C(C)(C)C. The number of aromatic nitrogens is 2. The third-order valence-electron chi connectivity index (χ3n) is 5.01. The highest BCUT2D eigenvalue weighted by molar-refractivity contribution is 7.92. The maximum atomic E-state index is 14.6. The summed E-state index contributed by atoms with van der Waals surface area (Å²) in [7, 11) is -2.00. The van der Waals surface area contributed by atoms with E-state index in [9.17, 15) is 22.4 Å². The van der Waals surface area contributed by atoms with E-state index in [1.165, 1.54) is 31.5 Å². The van der Waals surface area contributed by atoms with Crippen LogP contribution in [0.3, 0.4) is 0 Å². The van der Waals surface area contributed by atoms with Gasteiger partial charge in [-0.2, -0.15) is 0 Å². The lowest BCUT2D eigenvalue weighted by Gasteiger charge is -2.24. The molecule has 180 valence electrons. The van der Waals surface area contributed by atoms with Crippen LogP contribution < -0.4 is 20.7 Å². The Hall–Kier alpha value is -3.66. The molecule has 0 aliphatic rings. The summed E-state index contributed by atoms with van der Waals surface area (Å²) in [5, 5.41) is 0. The van der Waals surface area contributed by atoms with Gasteiger partial charge in [0, 0.05) is 22.9 Å². The molecule has 34 heavy (non-hydrogen) atoms. The molecule has 3 aromatic rings. The minimum Gasteiger partial charge on any atom is -0.496 e. The Morgan fingerprint density at radius 3 is 2.29 bits per heavy atom. The van der Waals surface area contributed by atoms with Crippen LogP contribution in [0.5, 0.6) is 5.75 Å². The van der Waals surface area contributed by atoms with Gasteiger partial charge in [-0.25, -0.2) is 17.6 Å². The molecule has 0 unspecified atom stereocenters. The molecule has 0 bridgehead atoms. The second kappa shape index (κ2) is 9.30. The van der Waals surface area contributed by atoms with Gasteiger partial charge < -0.3 is 9.72 Å². The van der Waals surface area contributed by atoms with Gasteiger partial charge in [-0.3, -0.25) is 14.5 Å². The van der Waals surface area contributed by atoms with Crippen molar-refractivity contribution in [1.29, 1.82) is 0 Å². The molecule has 0 saturated carbocycles. The first-order valence-corrected chi connectivity index (χ1v) is 12.2. The molecule has 0 radical (unpaired) electrons. The number of methoxy groups -OCH3 is 1. The topological polar surface area (TPSA) is 121 Å². The number of hydrogen-bond acceptors (Lipinski definition) is 5. The maximum absolute atomic E-state index is 14.6. The number of H-pyrrole nitrogens is 2. The quantitative estimate of drug-likeness (QED) is 0.458. The molecule has 0 amide bonds. The van der Waals surface area contributed by atoms with Gasteiger partial charge in [0.1, 0.15) is 11.6 Å². The van der Waals surface area contributed by atoms with Crippen LogP contribution in [0.1, 0.15) is 37.5 Å². The number of benzene rings is 2. The highest BCUT2D eigenvalue weighted by atomic mass is 32.2. The Morgan fingerprint density at radius 1 is 1.06 bits per heavy atom. The number of rotatable bonds is 6. The van der Waals surface area contributed by atoms with Crippen molar-refractivity contribution in [3.05, 3.63) is 79.9 Å². The molecular formula is C24H26FN3O5S. The first-order chi connectivity index (χ1) is 15.8. The minimum absolute atomic E-state index is 0.115.